The molecule has 2 aromatic rings. The van der Waals surface area contributed by atoms with Gasteiger partial charge in [-0.25, -0.2) is 0 Å². The monoisotopic (exact) mass is 294 g/mol. The van der Waals surface area contributed by atoms with Crippen LogP contribution in [0.5, 0.6) is 5.75 Å². The van der Waals surface area contributed by atoms with E-state index in [-0.39, 0.29) is 5.84 Å². The highest BCUT2D eigenvalue weighted by Crippen LogP contribution is 2.32. The van der Waals surface area contributed by atoms with Crippen LogP contribution < -0.4 is 10.5 Å². The Morgan fingerprint density at radius 1 is 1.11 bits per heavy atom. The lowest BCUT2D eigenvalue weighted by Crippen LogP contribution is -2.11. The van der Waals surface area contributed by atoms with E-state index in [0.717, 1.165) is 5.56 Å². The fourth-order valence-electron chi connectivity index (χ4n) is 1.60. The Labute approximate surface area is 121 Å². The minimum Gasteiger partial charge on any atom is -0.486 e. The molecule has 0 atom stereocenters. The Bertz CT molecular complexity index is 594. The van der Waals surface area contributed by atoms with E-state index in [1.165, 1.54) is 0 Å². The number of hydrogen-bond donors (Lipinski definition) is 2. The summed E-state index contributed by atoms with van der Waals surface area (Å²) in [7, 11) is 0. The Morgan fingerprint density at radius 2 is 1.74 bits per heavy atom. The fraction of sp³-hybridized carbons (Fsp3) is 0.0714. The zero-order chi connectivity index (χ0) is 13.8. The normalized spacial score (nSPS) is 10.2. The van der Waals surface area contributed by atoms with Gasteiger partial charge in [-0.3, -0.25) is 5.41 Å². The van der Waals surface area contributed by atoms with E-state index in [4.69, 9.17) is 39.1 Å². The van der Waals surface area contributed by atoms with Gasteiger partial charge in [0, 0.05) is 5.56 Å². The highest BCUT2D eigenvalue weighted by molar-refractivity contribution is 6.37. The lowest BCUT2D eigenvalue weighted by molar-refractivity contribution is 0.306. The van der Waals surface area contributed by atoms with Crippen LogP contribution in [0.3, 0.4) is 0 Å². The third kappa shape index (κ3) is 3.40. The molecule has 0 aliphatic carbocycles. The molecule has 98 valence electrons. The van der Waals surface area contributed by atoms with Gasteiger partial charge in [0.25, 0.3) is 0 Å². The van der Waals surface area contributed by atoms with Crippen molar-refractivity contribution in [3.8, 4) is 5.75 Å². The first-order valence-corrected chi connectivity index (χ1v) is 6.33. The zero-order valence-corrected chi connectivity index (χ0v) is 11.5. The Morgan fingerprint density at radius 3 is 2.37 bits per heavy atom. The van der Waals surface area contributed by atoms with Crippen LogP contribution in [0, 0.1) is 5.41 Å². The number of ether oxygens (including phenoxy) is 1. The van der Waals surface area contributed by atoms with E-state index in [2.05, 4.69) is 0 Å². The second-order valence-corrected chi connectivity index (χ2v) is 4.77. The van der Waals surface area contributed by atoms with E-state index in [0.29, 0.717) is 28.0 Å². The van der Waals surface area contributed by atoms with Crippen molar-refractivity contribution >= 4 is 29.0 Å². The SMILES string of the molecule is N=C(N)c1cccc(COc2c(Cl)cccc2Cl)c1. The van der Waals surface area contributed by atoms with Crippen LogP contribution in [0.25, 0.3) is 0 Å². The first-order valence-electron chi connectivity index (χ1n) is 5.58. The first kappa shape index (κ1) is 13.7. The zero-order valence-electron chi connectivity index (χ0n) is 9.99. The lowest BCUT2D eigenvalue weighted by Gasteiger charge is -2.10. The molecule has 5 heteroatoms. The number of nitrogen functional groups attached to an aromatic ring is 1. The summed E-state index contributed by atoms with van der Waals surface area (Å²) in [4.78, 5) is 0. The van der Waals surface area contributed by atoms with Gasteiger partial charge in [0.15, 0.2) is 5.75 Å². The van der Waals surface area contributed by atoms with Crippen molar-refractivity contribution in [2.24, 2.45) is 5.73 Å². The predicted molar refractivity (Wildman–Crippen MR) is 78.3 cm³/mol. The molecular formula is C14H12Cl2N2O. The summed E-state index contributed by atoms with van der Waals surface area (Å²) in [6, 6.07) is 12.5. The van der Waals surface area contributed by atoms with Crippen molar-refractivity contribution in [2.45, 2.75) is 6.61 Å². The second kappa shape index (κ2) is 5.95. The van der Waals surface area contributed by atoms with Crippen LogP contribution in [-0.2, 0) is 6.61 Å². The summed E-state index contributed by atoms with van der Waals surface area (Å²) in [5.41, 5.74) is 6.99. The van der Waals surface area contributed by atoms with E-state index < -0.39 is 0 Å². The number of amidine groups is 1. The Balaban J connectivity index is 2.15. The topological polar surface area (TPSA) is 59.1 Å². The molecule has 0 radical (unpaired) electrons. The highest BCUT2D eigenvalue weighted by atomic mass is 35.5. The van der Waals surface area contributed by atoms with Crippen LogP contribution in [-0.4, -0.2) is 5.84 Å². The lowest BCUT2D eigenvalue weighted by atomic mass is 10.1. The standard InChI is InChI=1S/C14H12Cl2N2O/c15-11-5-2-6-12(16)13(11)19-8-9-3-1-4-10(7-9)14(17)18/h1-7H,8H2,(H3,17,18). The number of nitrogens with one attached hydrogen (secondary N) is 1. The average molecular weight is 295 g/mol. The molecular weight excluding hydrogens is 283 g/mol. The first-order chi connectivity index (χ1) is 9.08. The molecule has 0 aliphatic heterocycles. The smallest absolute Gasteiger partial charge is 0.156 e. The average Bonchev–Trinajstić information content (AvgIpc) is 2.38. The molecule has 2 aromatic carbocycles. The number of benzene rings is 2. The second-order valence-electron chi connectivity index (χ2n) is 3.95. The van der Waals surface area contributed by atoms with Gasteiger partial charge in [-0.05, 0) is 23.8 Å². The third-order valence-corrected chi connectivity index (χ3v) is 3.14. The van der Waals surface area contributed by atoms with Crippen LogP contribution >= 0.6 is 23.2 Å². The molecule has 0 fully saturated rings. The summed E-state index contributed by atoms with van der Waals surface area (Å²) in [5.74, 6) is 0.483. The van der Waals surface area contributed by atoms with Gasteiger partial charge in [-0.2, -0.15) is 0 Å². The molecule has 0 bridgehead atoms. The quantitative estimate of drug-likeness (QED) is 0.664. The van der Waals surface area contributed by atoms with E-state index in [1.807, 2.05) is 12.1 Å². The number of nitrogens with two attached hydrogens (primary N) is 1. The Kier molecular flexibility index (Phi) is 4.30. The molecule has 3 nitrogen and oxygen atoms in total. The van der Waals surface area contributed by atoms with Gasteiger partial charge >= 0.3 is 0 Å². The van der Waals surface area contributed by atoms with E-state index in [1.54, 1.807) is 30.3 Å². The molecule has 0 unspecified atom stereocenters. The van der Waals surface area contributed by atoms with Crippen molar-refractivity contribution in [1.29, 1.82) is 5.41 Å². The summed E-state index contributed by atoms with van der Waals surface area (Å²) >= 11 is 12.0. The van der Waals surface area contributed by atoms with E-state index >= 15 is 0 Å². The Hall–Kier alpha value is -1.71. The minimum atomic E-state index is 0.0256. The molecule has 19 heavy (non-hydrogen) atoms. The van der Waals surface area contributed by atoms with Gasteiger partial charge in [0.1, 0.15) is 12.4 Å². The molecule has 0 heterocycles. The van der Waals surface area contributed by atoms with Crippen LogP contribution in [0.1, 0.15) is 11.1 Å². The summed E-state index contributed by atoms with van der Waals surface area (Å²) in [6.45, 7) is 0.310. The van der Waals surface area contributed by atoms with Crippen molar-refractivity contribution < 1.29 is 4.74 Å². The molecule has 0 spiro atoms. The van der Waals surface area contributed by atoms with Gasteiger partial charge in [-0.1, -0.05) is 47.5 Å². The van der Waals surface area contributed by atoms with Crippen LogP contribution in [0.4, 0.5) is 0 Å². The third-order valence-electron chi connectivity index (χ3n) is 2.54. The molecule has 3 N–H and O–H groups in total. The van der Waals surface area contributed by atoms with Crippen molar-refractivity contribution in [1.82, 2.24) is 0 Å². The number of para-hydroxylation sites is 1. The van der Waals surface area contributed by atoms with Crippen LogP contribution in [0.2, 0.25) is 10.0 Å². The highest BCUT2D eigenvalue weighted by Gasteiger charge is 2.07. The summed E-state index contributed by atoms with van der Waals surface area (Å²) in [6.07, 6.45) is 0. The van der Waals surface area contributed by atoms with Crippen molar-refractivity contribution in [3.63, 3.8) is 0 Å². The van der Waals surface area contributed by atoms with E-state index in [9.17, 15) is 0 Å². The molecule has 2 rings (SSSR count). The number of rotatable bonds is 4. The van der Waals surface area contributed by atoms with Gasteiger partial charge < -0.3 is 10.5 Å². The molecule has 0 saturated heterocycles. The summed E-state index contributed by atoms with van der Waals surface area (Å²) in [5, 5.41) is 8.33. The minimum absolute atomic E-state index is 0.0256. The maximum Gasteiger partial charge on any atom is 0.156 e. The van der Waals surface area contributed by atoms with Gasteiger partial charge in [-0.15, -0.1) is 0 Å². The molecule has 0 saturated carbocycles. The molecule has 0 aliphatic rings. The van der Waals surface area contributed by atoms with Gasteiger partial charge in [0.2, 0.25) is 0 Å². The summed E-state index contributed by atoms with van der Waals surface area (Å²) < 4.78 is 5.61. The molecule has 0 amide bonds. The number of halogens is 2. The predicted octanol–water partition coefficient (Wildman–Crippen LogP) is 3.86. The maximum absolute atomic E-state index is 7.39. The largest absolute Gasteiger partial charge is 0.486 e. The number of hydrogen-bond acceptors (Lipinski definition) is 2. The van der Waals surface area contributed by atoms with Crippen molar-refractivity contribution in [2.75, 3.05) is 0 Å². The van der Waals surface area contributed by atoms with Gasteiger partial charge in [0.05, 0.1) is 10.0 Å². The fourth-order valence-corrected chi connectivity index (χ4v) is 2.11. The maximum atomic E-state index is 7.39. The van der Waals surface area contributed by atoms with Crippen molar-refractivity contribution in [3.05, 3.63) is 63.6 Å². The van der Waals surface area contributed by atoms with Crippen LogP contribution in [0.15, 0.2) is 42.5 Å². The molecule has 0 aromatic heterocycles.